The van der Waals surface area contributed by atoms with Crippen LogP contribution in [0, 0.1) is 36.5 Å². The second-order valence-electron chi connectivity index (χ2n) is 11.6. The summed E-state index contributed by atoms with van der Waals surface area (Å²) in [6, 6.07) is 15.7. The monoisotopic (exact) mass is 576 g/mol. The number of allylic oxidation sites excluding steroid dienone is 1. The van der Waals surface area contributed by atoms with Crippen LogP contribution >= 0.6 is 0 Å². The van der Waals surface area contributed by atoms with Crippen molar-refractivity contribution in [1.82, 2.24) is 0 Å². The summed E-state index contributed by atoms with van der Waals surface area (Å²) in [5.74, 6) is 8.28. The molecule has 0 saturated carbocycles. The maximum absolute atomic E-state index is 12.3. The van der Waals surface area contributed by atoms with Crippen LogP contribution in [0.15, 0.2) is 60.2 Å². The first kappa shape index (κ1) is 34.6. The molecule has 1 saturated heterocycles. The van der Waals surface area contributed by atoms with Crippen molar-refractivity contribution in [3.63, 3.8) is 0 Å². The van der Waals surface area contributed by atoms with Crippen LogP contribution in [-0.4, -0.2) is 43.5 Å². The quantitative estimate of drug-likeness (QED) is 0.119. The van der Waals surface area contributed by atoms with Crippen LogP contribution < -0.4 is 4.74 Å². The molecule has 2 aromatic carbocycles. The Morgan fingerprint density at radius 1 is 0.976 bits per heavy atom. The first-order valence-electron chi connectivity index (χ1n) is 15.0. The van der Waals surface area contributed by atoms with Gasteiger partial charge in [-0.05, 0) is 86.8 Å². The summed E-state index contributed by atoms with van der Waals surface area (Å²) in [7, 11) is 1.00. The minimum absolute atomic E-state index is 0.0925. The van der Waals surface area contributed by atoms with E-state index in [4.69, 9.17) is 19.3 Å². The summed E-state index contributed by atoms with van der Waals surface area (Å²) in [4.78, 5) is 24.5. The van der Waals surface area contributed by atoms with Crippen molar-refractivity contribution >= 4 is 11.9 Å². The number of carbonyl (C=O) groups excluding carboxylic acids is 2. The maximum Gasteiger partial charge on any atom is 0.334 e. The van der Waals surface area contributed by atoms with Crippen molar-refractivity contribution in [2.45, 2.75) is 79.2 Å². The minimum atomic E-state index is -0.403. The van der Waals surface area contributed by atoms with Gasteiger partial charge >= 0.3 is 11.9 Å². The standard InChI is InChI=1S/C35H44O5.CH4O/c1-25(2)21-30(22-26(3)4)14-17-31-23-33(40-35(31)37)24-39-34(36)7-6-20-38-32-18-15-29(16-19-32)13-12-28-10-8-27(5)9-11-28;1-2/h8-11,15-19,25-26,30,33H,6-7,14,20-24H2,1-5H3;2H,1H3/b31-17+;. The Morgan fingerprint density at radius 2 is 1.55 bits per heavy atom. The number of aliphatic hydroxyl groups excluding tert-OH is 1. The second kappa shape index (κ2) is 18.8. The van der Waals surface area contributed by atoms with Gasteiger partial charge in [0.1, 0.15) is 18.5 Å². The number of aliphatic hydroxyl groups is 1. The molecule has 228 valence electrons. The van der Waals surface area contributed by atoms with E-state index in [0.717, 1.165) is 43.2 Å². The number of cyclic esters (lactones) is 1. The van der Waals surface area contributed by atoms with Crippen molar-refractivity contribution in [2.24, 2.45) is 17.8 Å². The molecule has 0 amide bonds. The van der Waals surface area contributed by atoms with Crippen LogP contribution in [0.2, 0.25) is 0 Å². The van der Waals surface area contributed by atoms with E-state index in [0.29, 0.717) is 42.8 Å². The van der Waals surface area contributed by atoms with E-state index < -0.39 is 6.10 Å². The lowest BCUT2D eigenvalue weighted by Gasteiger charge is -2.19. The van der Waals surface area contributed by atoms with Crippen LogP contribution in [0.4, 0.5) is 0 Å². The Labute approximate surface area is 252 Å². The van der Waals surface area contributed by atoms with E-state index >= 15 is 0 Å². The molecule has 1 atom stereocenters. The summed E-state index contributed by atoms with van der Waals surface area (Å²) in [6.45, 7) is 11.5. The van der Waals surface area contributed by atoms with E-state index in [-0.39, 0.29) is 25.0 Å². The fourth-order valence-corrected chi connectivity index (χ4v) is 4.87. The molecule has 1 unspecified atom stereocenters. The van der Waals surface area contributed by atoms with Gasteiger partial charge in [-0.25, -0.2) is 4.79 Å². The van der Waals surface area contributed by atoms with Crippen molar-refractivity contribution in [3.05, 3.63) is 76.9 Å². The van der Waals surface area contributed by atoms with Gasteiger partial charge in [0.25, 0.3) is 0 Å². The molecule has 1 fully saturated rings. The predicted molar refractivity (Wildman–Crippen MR) is 167 cm³/mol. The van der Waals surface area contributed by atoms with E-state index in [9.17, 15) is 9.59 Å². The van der Waals surface area contributed by atoms with Crippen molar-refractivity contribution in [2.75, 3.05) is 20.3 Å². The zero-order chi connectivity index (χ0) is 30.9. The fourth-order valence-electron chi connectivity index (χ4n) is 4.87. The molecule has 6 heteroatoms. The van der Waals surface area contributed by atoms with Crippen molar-refractivity contribution in [1.29, 1.82) is 0 Å². The molecule has 1 aliphatic heterocycles. The van der Waals surface area contributed by atoms with E-state index in [2.05, 4.69) is 46.5 Å². The van der Waals surface area contributed by atoms with E-state index in [1.54, 1.807) is 0 Å². The summed E-state index contributed by atoms with van der Waals surface area (Å²) < 4.78 is 16.6. The lowest BCUT2D eigenvalue weighted by atomic mass is 9.86. The molecule has 2 aromatic rings. The lowest BCUT2D eigenvalue weighted by molar-refractivity contribution is -0.152. The van der Waals surface area contributed by atoms with Gasteiger partial charge in [-0.1, -0.05) is 63.3 Å². The van der Waals surface area contributed by atoms with Crippen molar-refractivity contribution < 1.29 is 28.9 Å². The number of hydrogen-bond donors (Lipinski definition) is 1. The Hall–Kier alpha value is -3.56. The normalized spacial score (nSPS) is 15.2. The molecule has 0 aromatic heterocycles. The Morgan fingerprint density at radius 3 is 2.12 bits per heavy atom. The smallest absolute Gasteiger partial charge is 0.334 e. The van der Waals surface area contributed by atoms with Crippen LogP contribution in [0.3, 0.4) is 0 Å². The largest absolute Gasteiger partial charge is 0.494 e. The fraction of sp³-hybridized carbons (Fsp3) is 0.500. The van der Waals surface area contributed by atoms with Gasteiger partial charge in [-0.15, -0.1) is 0 Å². The Bertz CT molecular complexity index is 1170. The predicted octanol–water partition coefficient (Wildman–Crippen LogP) is 7.05. The molecule has 1 N–H and O–H groups in total. The summed E-state index contributed by atoms with van der Waals surface area (Å²) in [5, 5.41) is 7.00. The molecule has 6 nitrogen and oxygen atoms in total. The third-order valence-corrected chi connectivity index (χ3v) is 6.77. The number of ether oxygens (including phenoxy) is 3. The molecule has 42 heavy (non-hydrogen) atoms. The number of aryl methyl sites for hydroxylation is 1. The van der Waals surface area contributed by atoms with Gasteiger partial charge in [0.2, 0.25) is 0 Å². The highest BCUT2D eigenvalue weighted by Crippen LogP contribution is 2.27. The van der Waals surface area contributed by atoms with E-state index in [1.165, 1.54) is 5.56 Å². The van der Waals surface area contributed by atoms with Crippen LogP contribution in [-0.2, 0) is 19.1 Å². The first-order valence-corrected chi connectivity index (χ1v) is 15.0. The lowest BCUT2D eigenvalue weighted by Crippen LogP contribution is -2.18. The highest BCUT2D eigenvalue weighted by molar-refractivity contribution is 5.90. The third kappa shape index (κ3) is 13.4. The van der Waals surface area contributed by atoms with Gasteiger partial charge in [0.15, 0.2) is 0 Å². The number of hydrogen-bond acceptors (Lipinski definition) is 6. The average molecular weight is 577 g/mol. The molecule has 0 radical (unpaired) electrons. The number of rotatable bonds is 13. The Kier molecular flexibility index (Phi) is 15.5. The third-order valence-electron chi connectivity index (χ3n) is 6.77. The molecule has 0 aliphatic carbocycles. The summed E-state index contributed by atoms with van der Waals surface area (Å²) >= 11 is 0. The van der Waals surface area contributed by atoms with Crippen LogP contribution in [0.1, 0.15) is 82.9 Å². The van der Waals surface area contributed by atoms with Gasteiger partial charge in [-0.2, -0.15) is 0 Å². The van der Waals surface area contributed by atoms with Gasteiger partial charge in [0.05, 0.1) is 6.61 Å². The van der Waals surface area contributed by atoms with Crippen LogP contribution in [0.5, 0.6) is 5.75 Å². The second-order valence-corrected chi connectivity index (χ2v) is 11.6. The Balaban J connectivity index is 0.00000301. The molecular formula is C36H48O6. The first-order chi connectivity index (χ1) is 20.2. The highest BCUT2D eigenvalue weighted by Gasteiger charge is 2.30. The average Bonchev–Trinajstić information content (AvgIpc) is 3.33. The molecule has 1 heterocycles. The zero-order valence-corrected chi connectivity index (χ0v) is 26.2. The summed E-state index contributed by atoms with van der Waals surface area (Å²) in [5.41, 5.74) is 3.81. The van der Waals surface area contributed by atoms with Gasteiger partial charge in [-0.3, -0.25) is 4.79 Å². The zero-order valence-electron chi connectivity index (χ0n) is 26.2. The molecule has 0 spiro atoms. The molecule has 0 bridgehead atoms. The summed E-state index contributed by atoms with van der Waals surface area (Å²) in [6.07, 6.45) is 6.10. The topological polar surface area (TPSA) is 82.1 Å². The SMILES string of the molecule is CO.Cc1ccc(C#Cc2ccc(OCCCC(=O)OCC3C/C(=C\CC(CC(C)C)CC(C)C)C(=O)O3)cc2)cc1. The number of esters is 2. The highest BCUT2D eigenvalue weighted by atomic mass is 16.6. The van der Waals surface area contributed by atoms with E-state index in [1.807, 2.05) is 54.6 Å². The molecular weight excluding hydrogens is 528 g/mol. The number of benzene rings is 2. The van der Waals surface area contributed by atoms with Crippen molar-refractivity contribution in [3.8, 4) is 17.6 Å². The van der Waals surface area contributed by atoms with Gasteiger partial charge in [0, 0.05) is 36.7 Å². The molecule has 1 aliphatic rings. The number of carbonyl (C=O) groups is 2. The van der Waals surface area contributed by atoms with Gasteiger partial charge < -0.3 is 19.3 Å². The minimum Gasteiger partial charge on any atom is -0.494 e. The molecule has 3 rings (SSSR count). The van der Waals surface area contributed by atoms with Crippen LogP contribution in [0.25, 0.3) is 0 Å². The maximum atomic E-state index is 12.3.